The number of ketones is 1. The van der Waals surface area contributed by atoms with Gasteiger partial charge in [0.1, 0.15) is 0 Å². The van der Waals surface area contributed by atoms with E-state index in [4.69, 9.17) is 11.6 Å². The van der Waals surface area contributed by atoms with Crippen molar-refractivity contribution in [3.8, 4) is 0 Å². The maximum Gasteiger partial charge on any atom is 0.192 e. The van der Waals surface area contributed by atoms with Crippen LogP contribution in [0.1, 0.15) is 10.4 Å². The fourth-order valence-corrected chi connectivity index (χ4v) is 2.01. The summed E-state index contributed by atoms with van der Waals surface area (Å²) in [6, 6.07) is 8.95. The molecule has 1 aromatic rings. The fourth-order valence-electron chi connectivity index (χ4n) is 1.54. The third-order valence-electron chi connectivity index (χ3n) is 2.51. The van der Waals surface area contributed by atoms with Crippen LogP contribution in [-0.2, 0) is 0 Å². The maximum absolute atomic E-state index is 12.1. The van der Waals surface area contributed by atoms with Crippen molar-refractivity contribution in [1.29, 1.82) is 0 Å². The molecule has 2 nitrogen and oxygen atoms in total. The molecule has 17 heavy (non-hydrogen) atoms. The Balaban J connectivity index is 2.27. The van der Waals surface area contributed by atoms with E-state index < -0.39 is 9.89 Å². The van der Waals surface area contributed by atoms with Gasteiger partial charge in [-0.25, -0.2) is 0 Å². The zero-order valence-electron chi connectivity index (χ0n) is 8.81. The van der Waals surface area contributed by atoms with Gasteiger partial charge in [-0.15, -0.1) is 11.6 Å². The molecule has 0 radical (unpaired) electrons. The quantitative estimate of drug-likeness (QED) is 0.673. The van der Waals surface area contributed by atoms with Gasteiger partial charge < -0.3 is 5.11 Å². The predicted molar refractivity (Wildman–Crippen MR) is 71.5 cm³/mol. The van der Waals surface area contributed by atoms with Gasteiger partial charge in [0.15, 0.2) is 10.3 Å². The van der Waals surface area contributed by atoms with Gasteiger partial charge in [0, 0.05) is 11.1 Å². The monoisotopic (exact) mass is 312 g/mol. The van der Waals surface area contributed by atoms with Gasteiger partial charge in [0.2, 0.25) is 0 Å². The van der Waals surface area contributed by atoms with E-state index >= 15 is 0 Å². The van der Waals surface area contributed by atoms with Crippen LogP contribution in [-0.4, -0.2) is 20.8 Å². The van der Waals surface area contributed by atoms with E-state index in [2.05, 4.69) is 15.9 Å². The number of Topliss-reactive ketones (excluding diaryl/α,β-unsaturated/α-hetero) is 1. The Labute approximate surface area is 113 Å². The second-order valence-electron chi connectivity index (χ2n) is 3.78. The SMILES string of the molecule is O=C(C1=CC(Cl)C(O)(Br)C=C1)c1ccccc1. The van der Waals surface area contributed by atoms with Crippen LogP contribution in [0.25, 0.3) is 0 Å². The Hall–Kier alpha value is -0.900. The lowest BCUT2D eigenvalue weighted by molar-refractivity contribution is 0.103. The first-order chi connectivity index (χ1) is 8.00. The molecule has 0 saturated carbocycles. The van der Waals surface area contributed by atoms with Crippen LogP contribution in [0.4, 0.5) is 0 Å². The van der Waals surface area contributed by atoms with E-state index in [0.29, 0.717) is 11.1 Å². The highest BCUT2D eigenvalue weighted by Gasteiger charge is 2.32. The molecule has 0 fully saturated rings. The molecule has 0 bridgehead atoms. The summed E-state index contributed by atoms with van der Waals surface area (Å²) in [7, 11) is 0. The van der Waals surface area contributed by atoms with Crippen molar-refractivity contribution in [2.24, 2.45) is 0 Å². The Kier molecular flexibility index (Phi) is 3.52. The third kappa shape index (κ3) is 2.68. The van der Waals surface area contributed by atoms with Crippen LogP contribution >= 0.6 is 27.5 Å². The molecule has 0 aliphatic heterocycles. The van der Waals surface area contributed by atoms with Crippen LogP contribution < -0.4 is 0 Å². The highest BCUT2D eigenvalue weighted by molar-refractivity contribution is 9.10. The van der Waals surface area contributed by atoms with Crippen molar-refractivity contribution in [3.05, 3.63) is 59.7 Å². The Morgan fingerprint density at radius 3 is 2.59 bits per heavy atom. The maximum atomic E-state index is 12.1. The minimum atomic E-state index is -1.28. The number of allylic oxidation sites excluding steroid dienone is 2. The highest BCUT2D eigenvalue weighted by Crippen LogP contribution is 2.32. The van der Waals surface area contributed by atoms with Crippen molar-refractivity contribution in [3.63, 3.8) is 0 Å². The summed E-state index contributed by atoms with van der Waals surface area (Å²) in [6.45, 7) is 0. The van der Waals surface area contributed by atoms with Crippen LogP contribution in [0, 0.1) is 0 Å². The van der Waals surface area contributed by atoms with Crippen molar-refractivity contribution >= 4 is 33.3 Å². The van der Waals surface area contributed by atoms with Crippen molar-refractivity contribution in [2.45, 2.75) is 9.89 Å². The summed E-state index contributed by atoms with van der Waals surface area (Å²) in [5.41, 5.74) is 1.09. The number of hydrogen-bond acceptors (Lipinski definition) is 2. The minimum absolute atomic E-state index is 0.101. The summed E-state index contributed by atoms with van der Waals surface area (Å²) in [5.74, 6) is -0.101. The second-order valence-corrected chi connectivity index (χ2v) is 5.52. The smallest absolute Gasteiger partial charge is 0.192 e. The normalized spacial score (nSPS) is 27.7. The van der Waals surface area contributed by atoms with E-state index in [1.165, 1.54) is 6.08 Å². The first-order valence-corrected chi connectivity index (χ1v) is 6.30. The number of carbonyl (C=O) groups excluding carboxylic acids is 1. The van der Waals surface area contributed by atoms with Gasteiger partial charge in [-0.3, -0.25) is 4.79 Å². The van der Waals surface area contributed by atoms with E-state index in [9.17, 15) is 9.90 Å². The van der Waals surface area contributed by atoms with Crippen LogP contribution in [0.5, 0.6) is 0 Å². The Morgan fingerprint density at radius 2 is 2.00 bits per heavy atom. The summed E-state index contributed by atoms with van der Waals surface area (Å²) in [4.78, 5) is 12.1. The van der Waals surface area contributed by atoms with Gasteiger partial charge in [-0.05, 0) is 22.0 Å². The van der Waals surface area contributed by atoms with E-state index in [-0.39, 0.29) is 5.78 Å². The molecular formula is C13H10BrClO2. The first kappa shape index (κ1) is 12.6. The molecule has 0 amide bonds. The largest absolute Gasteiger partial charge is 0.373 e. The van der Waals surface area contributed by atoms with Gasteiger partial charge >= 0.3 is 0 Å². The number of benzene rings is 1. The first-order valence-electron chi connectivity index (χ1n) is 5.07. The summed E-state index contributed by atoms with van der Waals surface area (Å²) in [5, 5.41) is 9.08. The van der Waals surface area contributed by atoms with Crippen molar-refractivity contribution < 1.29 is 9.90 Å². The van der Waals surface area contributed by atoms with Gasteiger partial charge in [-0.1, -0.05) is 42.5 Å². The third-order valence-corrected chi connectivity index (χ3v) is 3.99. The zero-order valence-corrected chi connectivity index (χ0v) is 11.1. The molecule has 88 valence electrons. The molecule has 1 aliphatic carbocycles. The lowest BCUT2D eigenvalue weighted by Gasteiger charge is -2.24. The Bertz CT molecular complexity index is 491. The highest BCUT2D eigenvalue weighted by atomic mass is 79.9. The lowest BCUT2D eigenvalue weighted by Crippen LogP contribution is -2.31. The molecule has 0 saturated heterocycles. The van der Waals surface area contributed by atoms with Gasteiger partial charge in [0.25, 0.3) is 0 Å². The average molecular weight is 314 g/mol. The summed E-state index contributed by atoms with van der Waals surface area (Å²) in [6.07, 6.45) is 4.59. The van der Waals surface area contributed by atoms with Gasteiger partial charge in [0.05, 0.1) is 5.38 Å². The lowest BCUT2D eigenvalue weighted by atomic mass is 9.97. The average Bonchev–Trinajstić information content (AvgIpc) is 2.33. The summed E-state index contributed by atoms with van der Waals surface area (Å²) >= 11 is 9.03. The van der Waals surface area contributed by atoms with Gasteiger partial charge in [-0.2, -0.15) is 0 Å². The second kappa shape index (κ2) is 4.77. The minimum Gasteiger partial charge on any atom is -0.373 e. The predicted octanol–water partition coefficient (Wildman–Crippen LogP) is 3.06. The molecule has 0 aromatic heterocycles. The fraction of sp³-hybridized carbons (Fsp3) is 0.154. The van der Waals surface area contributed by atoms with Crippen molar-refractivity contribution in [2.75, 3.05) is 0 Å². The molecule has 1 aromatic carbocycles. The van der Waals surface area contributed by atoms with Crippen LogP contribution in [0.2, 0.25) is 0 Å². The van der Waals surface area contributed by atoms with E-state index in [1.807, 2.05) is 6.07 Å². The molecule has 1 aliphatic rings. The van der Waals surface area contributed by atoms with Crippen LogP contribution in [0.3, 0.4) is 0 Å². The van der Waals surface area contributed by atoms with Crippen LogP contribution in [0.15, 0.2) is 54.1 Å². The molecule has 0 spiro atoms. The van der Waals surface area contributed by atoms with Crippen molar-refractivity contribution in [1.82, 2.24) is 0 Å². The molecule has 4 heteroatoms. The number of aliphatic hydroxyl groups is 1. The molecule has 2 atom stereocenters. The molecule has 1 N–H and O–H groups in total. The Morgan fingerprint density at radius 1 is 1.35 bits per heavy atom. The van der Waals surface area contributed by atoms with E-state index in [1.54, 1.807) is 36.4 Å². The molecule has 2 rings (SSSR count). The number of rotatable bonds is 2. The molecule has 0 heterocycles. The topological polar surface area (TPSA) is 37.3 Å². The zero-order chi connectivity index (χ0) is 12.5. The summed E-state index contributed by atoms with van der Waals surface area (Å²) < 4.78 is -1.28. The number of hydrogen-bond donors (Lipinski definition) is 1. The molecular weight excluding hydrogens is 303 g/mol. The number of halogens is 2. The number of carbonyl (C=O) groups is 1. The number of alkyl halides is 2. The molecule has 2 unspecified atom stereocenters. The standard InChI is InChI=1S/C13H10BrClO2/c14-13(17)7-6-10(8-11(13)15)12(16)9-4-2-1-3-5-9/h1-8,11,17H. The van der Waals surface area contributed by atoms with E-state index in [0.717, 1.165) is 0 Å².